The van der Waals surface area contributed by atoms with Gasteiger partial charge in [0.1, 0.15) is 0 Å². The third-order valence-electron chi connectivity index (χ3n) is 5.79. The minimum atomic E-state index is -0.292. The molecule has 2 aromatic rings. The summed E-state index contributed by atoms with van der Waals surface area (Å²) in [7, 11) is 0. The topological polar surface area (TPSA) is 112 Å². The Kier molecular flexibility index (Phi) is 8.90. The number of hydrogen-bond acceptors (Lipinski definition) is 8. The molecular weight excluding hydrogens is 468 g/mol. The second kappa shape index (κ2) is 12.5. The van der Waals surface area contributed by atoms with Crippen LogP contribution in [0.15, 0.2) is 48.5 Å². The van der Waals surface area contributed by atoms with Gasteiger partial charge in [0.05, 0.1) is 88.2 Å². The summed E-state index contributed by atoms with van der Waals surface area (Å²) in [5.74, 6) is -1.17. The van der Waals surface area contributed by atoms with Gasteiger partial charge in [0.25, 0.3) is 23.6 Å². The molecule has 0 aliphatic carbocycles. The summed E-state index contributed by atoms with van der Waals surface area (Å²) in [5.41, 5.74) is 1.72. The molecule has 4 amide bonds. The molecule has 2 aliphatic heterocycles. The van der Waals surface area contributed by atoms with Crippen molar-refractivity contribution in [2.75, 3.05) is 65.9 Å². The van der Waals surface area contributed by atoms with Crippen molar-refractivity contribution in [1.82, 2.24) is 9.80 Å². The number of benzene rings is 2. The molecule has 36 heavy (non-hydrogen) atoms. The van der Waals surface area contributed by atoms with Crippen LogP contribution in [-0.2, 0) is 18.9 Å². The minimum absolute atomic E-state index is 0.197. The monoisotopic (exact) mass is 496 g/mol. The molecule has 2 aliphatic rings. The van der Waals surface area contributed by atoms with Crippen molar-refractivity contribution in [2.45, 2.75) is 0 Å². The highest BCUT2D eigenvalue weighted by Gasteiger charge is 2.35. The highest BCUT2D eigenvalue weighted by atomic mass is 16.6. The highest BCUT2D eigenvalue weighted by Crippen LogP contribution is 2.22. The Labute approximate surface area is 208 Å². The molecule has 10 nitrogen and oxygen atoms in total. The van der Waals surface area contributed by atoms with Crippen LogP contribution in [0.25, 0.3) is 0 Å². The van der Waals surface area contributed by atoms with Crippen molar-refractivity contribution in [1.29, 1.82) is 0 Å². The number of hydrogen-bond donors (Lipinski definition) is 0. The quantitative estimate of drug-likeness (QED) is 0.270. The molecule has 0 saturated carbocycles. The number of carbonyl (C=O) groups is 4. The Bertz CT molecular complexity index is 961. The van der Waals surface area contributed by atoms with E-state index in [-0.39, 0.29) is 49.9 Å². The smallest absolute Gasteiger partial charge is 0.261 e. The van der Waals surface area contributed by atoms with Gasteiger partial charge >= 0.3 is 0 Å². The lowest BCUT2D eigenvalue weighted by Gasteiger charge is -2.14. The maximum atomic E-state index is 12.3. The lowest BCUT2D eigenvalue weighted by molar-refractivity contribution is -0.00455. The first-order valence-corrected chi connectivity index (χ1v) is 11.8. The summed E-state index contributed by atoms with van der Waals surface area (Å²) in [6.45, 7) is 3.05. The van der Waals surface area contributed by atoms with Gasteiger partial charge in [-0.05, 0) is 24.3 Å². The van der Waals surface area contributed by atoms with Crippen LogP contribution in [0.1, 0.15) is 41.4 Å². The van der Waals surface area contributed by atoms with Crippen LogP contribution in [0.3, 0.4) is 0 Å². The van der Waals surface area contributed by atoms with Gasteiger partial charge in [0.15, 0.2) is 0 Å². The van der Waals surface area contributed by atoms with Gasteiger partial charge in [-0.3, -0.25) is 29.0 Å². The molecule has 0 radical (unpaired) electrons. The SMILES string of the molecule is O=C1c2ccccc2C(=O)N1CCOCCOCCOCCOCCN1C(=O)c2ccccc2C1=O. The van der Waals surface area contributed by atoms with Crippen LogP contribution >= 0.6 is 0 Å². The van der Waals surface area contributed by atoms with Gasteiger partial charge in [-0.2, -0.15) is 0 Å². The van der Waals surface area contributed by atoms with E-state index >= 15 is 0 Å². The van der Waals surface area contributed by atoms with E-state index in [1.807, 2.05) is 0 Å². The Morgan fingerprint density at radius 1 is 0.417 bits per heavy atom. The second-order valence-corrected chi connectivity index (χ2v) is 8.06. The van der Waals surface area contributed by atoms with Crippen molar-refractivity contribution in [3.63, 3.8) is 0 Å². The number of amides is 4. The predicted octanol–water partition coefficient (Wildman–Crippen LogP) is 1.65. The van der Waals surface area contributed by atoms with Crippen LogP contribution in [0.5, 0.6) is 0 Å². The van der Waals surface area contributed by atoms with Crippen LogP contribution in [0.2, 0.25) is 0 Å². The van der Waals surface area contributed by atoms with Gasteiger partial charge < -0.3 is 18.9 Å². The predicted molar refractivity (Wildman–Crippen MR) is 127 cm³/mol. The number of ether oxygens (including phenoxy) is 4. The van der Waals surface area contributed by atoms with Crippen molar-refractivity contribution >= 4 is 23.6 Å². The van der Waals surface area contributed by atoms with E-state index in [4.69, 9.17) is 18.9 Å². The average molecular weight is 497 g/mol. The van der Waals surface area contributed by atoms with Gasteiger partial charge in [-0.25, -0.2) is 0 Å². The number of fused-ring (bicyclic) bond motifs is 2. The largest absolute Gasteiger partial charge is 0.377 e. The Balaban J connectivity index is 0.956. The summed E-state index contributed by atoms with van der Waals surface area (Å²) in [6.07, 6.45) is 0. The van der Waals surface area contributed by atoms with Crippen LogP contribution in [0.4, 0.5) is 0 Å². The number of imide groups is 2. The molecule has 190 valence electrons. The first-order valence-electron chi connectivity index (χ1n) is 11.8. The zero-order valence-corrected chi connectivity index (χ0v) is 19.9. The zero-order valence-electron chi connectivity index (χ0n) is 19.9. The van der Waals surface area contributed by atoms with E-state index < -0.39 is 0 Å². The first kappa shape index (κ1) is 25.6. The van der Waals surface area contributed by atoms with Crippen LogP contribution in [0, 0.1) is 0 Å². The fraction of sp³-hybridized carbons (Fsp3) is 0.385. The summed E-state index contributed by atoms with van der Waals surface area (Å²) in [5, 5.41) is 0. The van der Waals surface area contributed by atoms with E-state index in [0.717, 1.165) is 0 Å². The fourth-order valence-electron chi connectivity index (χ4n) is 3.96. The molecule has 0 aromatic heterocycles. The number of rotatable bonds is 15. The van der Waals surface area contributed by atoms with Crippen LogP contribution in [-0.4, -0.2) is 99.4 Å². The highest BCUT2D eigenvalue weighted by molar-refractivity contribution is 6.22. The standard InChI is InChI=1S/C26H28N2O8/c29-23-19-5-1-2-6-20(19)24(30)27(23)9-11-33-13-15-35-17-18-36-16-14-34-12-10-28-25(31)21-7-3-4-8-22(21)26(28)32/h1-8H,9-18H2. The molecule has 0 saturated heterocycles. The molecule has 2 aromatic carbocycles. The molecule has 0 unspecified atom stereocenters. The van der Waals surface area contributed by atoms with Crippen molar-refractivity contribution in [2.24, 2.45) is 0 Å². The summed E-state index contributed by atoms with van der Waals surface area (Å²) < 4.78 is 21.8. The summed E-state index contributed by atoms with van der Waals surface area (Å²) in [6, 6.07) is 13.5. The van der Waals surface area contributed by atoms with E-state index in [0.29, 0.717) is 61.9 Å². The van der Waals surface area contributed by atoms with Gasteiger partial charge in [-0.1, -0.05) is 24.3 Å². The van der Waals surface area contributed by atoms with Gasteiger partial charge in [0.2, 0.25) is 0 Å². The fourth-order valence-corrected chi connectivity index (χ4v) is 3.96. The molecule has 10 heteroatoms. The molecule has 0 fully saturated rings. The Hall–Kier alpha value is -3.44. The molecule has 0 bridgehead atoms. The molecule has 0 atom stereocenters. The summed E-state index contributed by atoms with van der Waals surface area (Å²) in [4.78, 5) is 51.4. The van der Waals surface area contributed by atoms with Crippen molar-refractivity contribution in [3.05, 3.63) is 70.8 Å². The van der Waals surface area contributed by atoms with Crippen LogP contribution < -0.4 is 0 Å². The normalized spacial score (nSPS) is 14.7. The molecule has 0 spiro atoms. The lowest BCUT2D eigenvalue weighted by atomic mass is 10.1. The minimum Gasteiger partial charge on any atom is -0.377 e. The van der Waals surface area contributed by atoms with E-state index in [1.54, 1.807) is 48.5 Å². The van der Waals surface area contributed by atoms with Gasteiger partial charge in [-0.15, -0.1) is 0 Å². The zero-order chi connectivity index (χ0) is 25.3. The third kappa shape index (κ3) is 5.85. The lowest BCUT2D eigenvalue weighted by Crippen LogP contribution is -2.33. The summed E-state index contributed by atoms with van der Waals surface area (Å²) >= 11 is 0. The third-order valence-corrected chi connectivity index (χ3v) is 5.79. The molecular formula is C26H28N2O8. The maximum absolute atomic E-state index is 12.3. The Morgan fingerprint density at radius 3 is 0.944 bits per heavy atom. The Morgan fingerprint density at radius 2 is 0.667 bits per heavy atom. The maximum Gasteiger partial charge on any atom is 0.261 e. The van der Waals surface area contributed by atoms with E-state index in [1.165, 1.54) is 9.80 Å². The van der Waals surface area contributed by atoms with E-state index in [2.05, 4.69) is 0 Å². The molecule has 0 N–H and O–H groups in total. The van der Waals surface area contributed by atoms with Crippen molar-refractivity contribution in [3.8, 4) is 0 Å². The van der Waals surface area contributed by atoms with Gasteiger partial charge in [0, 0.05) is 0 Å². The number of nitrogens with zero attached hydrogens (tertiary/aromatic N) is 2. The second-order valence-electron chi connectivity index (χ2n) is 8.06. The average Bonchev–Trinajstić information content (AvgIpc) is 3.29. The molecule has 4 rings (SSSR count). The van der Waals surface area contributed by atoms with E-state index in [9.17, 15) is 19.2 Å². The van der Waals surface area contributed by atoms with Crippen molar-refractivity contribution < 1.29 is 38.1 Å². The number of carbonyl (C=O) groups excluding carboxylic acids is 4. The molecule has 2 heterocycles. The first-order chi connectivity index (χ1) is 17.6.